The number of hydrogen-bond acceptors (Lipinski definition) is 4. The van der Waals surface area contributed by atoms with Crippen LogP contribution in [-0.4, -0.2) is 10.0 Å². The van der Waals surface area contributed by atoms with Gasteiger partial charge in [-0.15, -0.1) is 0 Å². The Balaban J connectivity index is 1.83. The van der Waals surface area contributed by atoms with E-state index >= 15 is 0 Å². The Morgan fingerprint density at radius 1 is 0.889 bits per heavy atom. The van der Waals surface area contributed by atoms with Crippen molar-refractivity contribution < 1.29 is 10.0 Å². The largest absolute Gasteiger partial charge is 0.386 e. The predicted molar refractivity (Wildman–Crippen MR) is 107 cm³/mol. The summed E-state index contributed by atoms with van der Waals surface area (Å²) in [5, 5.41) is 22.3. The van der Waals surface area contributed by atoms with E-state index < -0.39 is 17.1 Å². The molecule has 7 heteroatoms. The number of nitrogens with zero attached hydrogens (tertiary/aromatic N) is 1. The van der Waals surface area contributed by atoms with Gasteiger partial charge >= 0.3 is 0 Å². The summed E-state index contributed by atoms with van der Waals surface area (Å²) in [6.45, 7) is 0. The Morgan fingerprint density at radius 3 is 2.19 bits per heavy atom. The molecule has 3 N–H and O–H groups in total. The molecule has 0 saturated carbocycles. The molecule has 0 aliphatic carbocycles. The third-order valence-corrected chi connectivity index (χ3v) is 5.05. The maximum atomic E-state index is 10.9. The SMILES string of the molecule is N[C@@H](c1ccc(Cl)c(Cl)c1)[C@H](O)c1ccc(-c2cccc([N+](=O)[O-])c2)cc1. The highest BCUT2D eigenvalue weighted by atomic mass is 35.5. The van der Waals surface area contributed by atoms with E-state index in [0.717, 1.165) is 11.1 Å². The molecule has 5 nitrogen and oxygen atoms in total. The Hall–Kier alpha value is -2.44. The number of hydrogen-bond donors (Lipinski definition) is 2. The molecule has 3 aromatic carbocycles. The predicted octanol–water partition coefficient (Wildman–Crippen LogP) is 5.30. The van der Waals surface area contributed by atoms with Gasteiger partial charge in [0.15, 0.2) is 0 Å². The van der Waals surface area contributed by atoms with Gasteiger partial charge in [0, 0.05) is 12.1 Å². The standard InChI is InChI=1S/C20H16Cl2N2O3/c21-17-9-8-15(11-18(17)22)19(23)20(25)13-6-4-12(5-7-13)14-2-1-3-16(10-14)24(26)27/h1-11,19-20,25H,23H2/t19-,20+/m0/s1. The van der Waals surface area contributed by atoms with Crippen molar-refractivity contribution >= 4 is 28.9 Å². The summed E-state index contributed by atoms with van der Waals surface area (Å²) >= 11 is 11.9. The zero-order valence-corrected chi connectivity index (χ0v) is 15.6. The van der Waals surface area contributed by atoms with Crippen LogP contribution in [0.5, 0.6) is 0 Å². The van der Waals surface area contributed by atoms with Gasteiger partial charge in [-0.2, -0.15) is 0 Å². The van der Waals surface area contributed by atoms with Gasteiger partial charge < -0.3 is 10.8 Å². The van der Waals surface area contributed by atoms with Crippen molar-refractivity contribution in [2.45, 2.75) is 12.1 Å². The maximum Gasteiger partial charge on any atom is 0.270 e. The van der Waals surface area contributed by atoms with Crippen molar-refractivity contribution in [2.75, 3.05) is 0 Å². The quantitative estimate of drug-likeness (QED) is 0.447. The van der Waals surface area contributed by atoms with E-state index in [0.29, 0.717) is 21.2 Å². The molecular weight excluding hydrogens is 387 g/mol. The van der Waals surface area contributed by atoms with Crippen molar-refractivity contribution in [2.24, 2.45) is 5.73 Å². The second kappa shape index (κ2) is 8.06. The maximum absolute atomic E-state index is 10.9. The average molecular weight is 403 g/mol. The molecule has 3 rings (SSSR count). The van der Waals surface area contributed by atoms with Crippen LogP contribution in [-0.2, 0) is 0 Å². The average Bonchev–Trinajstić information content (AvgIpc) is 2.69. The minimum absolute atomic E-state index is 0.0262. The van der Waals surface area contributed by atoms with Gasteiger partial charge in [0.25, 0.3) is 5.69 Å². The molecule has 0 bridgehead atoms. The van der Waals surface area contributed by atoms with Gasteiger partial charge in [-0.05, 0) is 34.4 Å². The van der Waals surface area contributed by atoms with Crippen LogP contribution in [0.15, 0.2) is 66.7 Å². The van der Waals surface area contributed by atoms with E-state index in [1.54, 1.807) is 54.6 Å². The highest BCUT2D eigenvalue weighted by molar-refractivity contribution is 6.42. The van der Waals surface area contributed by atoms with Crippen LogP contribution < -0.4 is 5.73 Å². The van der Waals surface area contributed by atoms with Gasteiger partial charge in [0.1, 0.15) is 0 Å². The number of rotatable bonds is 5. The van der Waals surface area contributed by atoms with Gasteiger partial charge in [0.05, 0.1) is 27.1 Å². The number of benzene rings is 3. The molecule has 0 heterocycles. The molecule has 0 amide bonds. The lowest BCUT2D eigenvalue weighted by Crippen LogP contribution is -2.19. The Kier molecular flexibility index (Phi) is 5.77. The minimum Gasteiger partial charge on any atom is -0.386 e. The first-order valence-electron chi connectivity index (χ1n) is 8.10. The number of nitro benzene ring substituents is 1. The highest BCUT2D eigenvalue weighted by Crippen LogP contribution is 2.32. The van der Waals surface area contributed by atoms with E-state index in [4.69, 9.17) is 28.9 Å². The van der Waals surface area contributed by atoms with Crippen molar-refractivity contribution in [3.05, 3.63) is 98.0 Å². The number of halogens is 2. The summed E-state index contributed by atoms with van der Waals surface area (Å²) in [6.07, 6.45) is -0.943. The number of aliphatic hydroxyl groups is 1. The molecule has 0 saturated heterocycles. The Labute approximate surface area is 166 Å². The summed E-state index contributed by atoms with van der Waals surface area (Å²) in [6, 6.07) is 17.8. The van der Waals surface area contributed by atoms with Crippen LogP contribution in [0.4, 0.5) is 5.69 Å². The van der Waals surface area contributed by atoms with Gasteiger partial charge in [-0.25, -0.2) is 0 Å². The topological polar surface area (TPSA) is 89.4 Å². The summed E-state index contributed by atoms with van der Waals surface area (Å²) in [5.41, 5.74) is 9.01. The second-order valence-corrected chi connectivity index (χ2v) is 6.89. The lowest BCUT2D eigenvalue weighted by atomic mass is 9.95. The van der Waals surface area contributed by atoms with Crippen molar-refractivity contribution in [3.8, 4) is 11.1 Å². The molecule has 2 atom stereocenters. The first kappa shape index (κ1) is 19.3. The molecule has 0 spiro atoms. The molecular formula is C20H16Cl2N2O3. The van der Waals surface area contributed by atoms with Crippen molar-refractivity contribution in [1.82, 2.24) is 0 Å². The third kappa shape index (κ3) is 4.28. The summed E-state index contributed by atoms with van der Waals surface area (Å²) in [7, 11) is 0. The Morgan fingerprint density at radius 2 is 1.56 bits per heavy atom. The van der Waals surface area contributed by atoms with Crippen LogP contribution in [0, 0.1) is 10.1 Å². The van der Waals surface area contributed by atoms with E-state index in [-0.39, 0.29) is 5.69 Å². The van der Waals surface area contributed by atoms with Crippen molar-refractivity contribution in [3.63, 3.8) is 0 Å². The molecule has 0 fully saturated rings. The number of nitro groups is 1. The minimum atomic E-state index is -0.943. The fraction of sp³-hybridized carbons (Fsp3) is 0.100. The zero-order chi connectivity index (χ0) is 19.6. The van der Waals surface area contributed by atoms with Crippen LogP contribution in [0.3, 0.4) is 0 Å². The third-order valence-electron chi connectivity index (χ3n) is 4.31. The fourth-order valence-corrected chi connectivity index (χ4v) is 3.09. The van der Waals surface area contributed by atoms with Crippen LogP contribution in [0.25, 0.3) is 11.1 Å². The number of non-ortho nitro benzene ring substituents is 1. The molecule has 0 unspecified atom stereocenters. The van der Waals surface area contributed by atoms with E-state index in [1.165, 1.54) is 12.1 Å². The normalized spacial score (nSPS) is 13.2. The fourth-order valence-electron chi connectivity index (χ4n) is 2.78. The lowest BCUT2D eigenvalue weighted by Gasteiger charge is -2.20. The smallest absolute Gasteiger partial charge is 0.270 e. The highest BCUT2D eigenvalue weighted by Gasteiger charge is 2.20. The van der Waals surface area contributed by atoms with E-state index in [9.17, 15) is 15.2 Å². The summed E-state index contributed by atoms with van der Waals surface area (Å²) in [4.78, 5) is 10.5. The first-order valence-corrected chi connectivity index (χ1v) is 8.86. The second-order valence-electron chi connectivity index (χ2n) is 6.07. The van der Waals surface area contributed by atoms with Crippen LogP contribution in [0.1, 0.15) is 23.3 Å². The molecule has 138 valence electrons. The van der Waals surface area contributed by atoms with E-state index in [2.05, 4.69) is 0 Å². The first-order chi connectivity index (χ1) is 12.9. The van der Waals surface area contributed by atoms with E-state index in [1.807, 2.05) is 0 Å². The molecule has 0 aliphatic rings. The zero-order valence-electron chi connectivity index (χ0n) is 14.0. The number of aliphatic hydroxyl groups excluding tert-OH is 1. The molecule has 0 aliphatic heterocycles. The lowest BCUT2D eigenvalue weighted by molar-refractivity contribution is -0.384. The molecule has 0 radical (unpaired) electrons. The molecule has 3 aromatic rings. The van der Waals surface area contributed by atoms with Crippen LogP contribution in [0.2, 0.25) is 10.0 Å². The van der Waals surface area contributed by atoms with Gasteiger partial charge in [-0.1, -0.05) is 65.7 Å². The monoisotopic (exact) mass is 402 g/mol. The summed E-state index contributed by atoms with van der Waals surface area (Å²) in [5.74, 6) is 0. The van der Waals surface area contributed by atoms with Crippen LogP contribution >= 0.6 is 23.2 Å². The molecule has 27 heavy (non-hydrogen) atoms. The van der Waals surface area contributed by atoms with Crippen molar-refractivity contribution in [1.29, 1.82) is 0 Å². The van der Waals surface area contributed by atoms with Gasteiger partial charge in [-0.3, -0.25) is 10.1 Å². The summed E-state index contributed by atoms with van der Waals surface area (Å²) < 4.78 is 0. The Bertz CT molecular complexity index is 977. The van der Waals surface area contributed by atoms with Gasteiger partial charge in [0.2, 0.25) is 0 Å². The number of nitrogens with two attached hydrogens (primary N) is 1. The molecule has 0 aromatic heterocycles.